The number of nitrogens with one attached hydrogen (secondary N) is 1. The van der Waals surface area contributed by atoms with Crippen molar-refractivity contribution in [1.82, 2.24) is 10.2 Å². The fourth-order valence-corrected chi connectivity index (χ4v) is 4.38. The fourth-order valence-electron chi connectivity index (χ4n) is 4.26. The van der Waals surface area contributed by atoms with Crippen molar-refractivity contribution in [2.75, 3.05) is 0 Å². The lowest BCUT2D eigenvalue weighted by atomic mass is 9.98. The average molecular weight is 519 g/mol. The van der Waals surface area contributed by atoms with Gasteiger partial charge in [-0.3, -0.25) is 9.59 Å². The highest BCUT2D eigenvalue weighted by molar-refractivity contribution is 6.30. The first kappa shape index (κ1) is 28.5. The van der Waals surface area contributed by atoms with Crippen LogP contribution in [0.4, 0.5) is 0 Å². The van der Waals surface area contributed by atoms with Crippen molar-refractivity contribution in [2.24, 2.45) is 0 Å². The molecule has 0 fully saturated rings. The number of aryl methyl sites for hydroxylation is 1. The van der Waals surface area contributed by atoms with Gasteiger partial charge in [-0.05, 0) is 67.5 Å². The summed E-state index contributed by atoms with van der Waals surface area (Å²) in [6.07, 6.45) is 1.38. The molecule has 3 rings (SSSR count). The molecule has 0 saturated heterocycles. The van der Waals surface area contributed by atoms with Gasteiger partial charge in [0.15, 0.2) is 0 Å². The van der Waals surface area contributed by atoms with Crippen LogP contribution >= 0.6 is 11.6 Å². The van der Waals surface area contributed by atoms with Crippen molar-refractivity contribution in [3.05, 3.63) is 106 Å². The molecule has 0 aliphatic rings. The lowest BCUT2D eigenvalue weighted by Crippen LogP contribution is -2.54. The van der Waals surface area contributed by atoms with Gasteiger partial charge in [-0.15, -0.1) is 0 Å². The van der Waals surface area contributed by atoms with E-state index in [4.69, 9.17) is 11.6 Å². The van der Waals surface area contributed by atoms with Crippen molar-refractivity contribution < 1.29 is 9.59 Å². The summed E-state index contributed by atoms with van der Waals surface area (Å²) in [6.45, 7) is 10.5. The Morgan fingerprint density at radius 2 is 1.43 bits per heavy atom. The molecule has 0 aliphatic heterocycles. The predicted octanol–water partition coefficient (Wildman–Crippen LogP) is 6.95. The molecule has 1 unspecified atom stereocenters. The van der Waals surface area contributed by atoms with Gasteiger partial charge >= 0.3 is 0 Å². The topological polar surface area (TPSA) is 49.4 Å². The van der Waals surface area contributed by atoms with Gasteiger partial charge in [-0.25, -0.2) is 0 Å². The van der Waals surface area contributed by atoms with E-state index in [1.807, 2.05) is 75.4 Å². The van der Waals surface area contributed by atoms with Crippen LogP contribution in [0.25, 0.3) is 0 Å². The molecule has 37 heavy (non-hydrogen) atoms. The van der Waals surface area contributed by atoms with Gasteiger partial charge in [0.1, 0.15) is 6.04 Å². The van der Waals surface area contributed by atoms with E-state index in [0.29, 0.717) is 36.7 Å². The van der Waals surface area contributed by atoms with E-state index in [-0.39, 0.29) is 11.8 Å². The highest BCUT2D eigenvalue weighted by Gasteiger charge is 2.32. The number of benzene rings is 3. The third-order valence-corrected chi connectivity index (χ3v) is 6.56. The standard InChI is InChI=1S/C32H39ClN2O2/c1-23(2)27-16-11-24(12-17-27)15-20-30(36)35(22-26-13-18-28(33)19-14-26)29(31(37)34-32(3,4)5)21-25-9-7-6-8-10-25/h6-14,16-19,23,29H,15,20-22H2,1-5H3,(H,34,37). The molecule has 4 nitrogen and oxygen atoms in total. The van der Waals surface area contributed by atoms with E-state index in [0.717, 1.165) is 16.7 Å². The van der Waals surface area contributed by atoms with Crippen molar-refractivity contribution >= 4 is 23.4 Å². The van der Waals surface area contributed by atoms with Gasteiger partial charge in [-0.2, -0.15) is 0 Å². The molecular formula is C32H39ClN2O2. The normalized spacial score (nSPS) is 12.3. The molecule has 0 saturated carbocycles. The monoisotopic (exact) mass is 518 g/mol. The summed E-state index contributed by atoms with van der Waals surface area (Å²) < 4.78 is 0. The van der Waals surface area contributed by atoms with Gasteiger partial charge in [-0.1, -0.05) is 92.2 Å². The van der Waals surface area contributed by atoms with Gasteiger partial charge in [0.2, 0.25) is 11.8 Å². The van der Waals surface area contributed by atoms with E-state index in [1.165, 1.54) is 5.56 Å². The van der Waals surface area contributed by atoms with Crippen LogP contribution in [0.1, 0.15) is 69.2 Å². The molecule has 196 valence electrons. The second-order valence-corrected chi connectivity index (χ2v) is 11.4. The Morgan fingerprint density at radius 1 is 0.838 bits per heavy atom. The lowest BCUT2D eigenvalue weighted by Gasteiger charge is -2.34. The Bertz CT molecular complexity index is 1150. The zero-order valence-corrected chi connectivity index (χ0v) is 23.4. The Kier molecular flexibility index (Phi) is 9.93. The molecule has 3 aromatic carbocycles. The van der Waals surface area contributed by atoms with E-state index < -0.39 is 11.6 Å². The summed E-state index contributed by atoms with van der Waals surface area (Å²) in [5.41, 5.74) is 3.92. The summed E-state index contributed by atoms with van der Waals surface area (Å²) in [4.78, 5) is 29.1. The summed E-state index contributed by atoms with van der Waals surface area (Å²) >= 11 is 6.11. The zero-order valence-electron chi connectivity index (χ0n) is 22.6. The predicted molar refractivity (Wildman–Crippen MR) is 153 cm³/mol. The Labute approximate surface area is 227 Å². The Morgan fingerprint density at radius 3 is 2.00 bits per heavy atom. The minimum Gasteiger partial charge on any atom is -0.350 e. The second-order valence-electron chi connectivity index (χ2n) is 11.0. The molecule has 0 aromatic heterocycles. The minimum atomic E-state index is -0.645. The maximum absolute atomic E-state index is 13.8. The first-order valence-corrected chi connectivity index (χ1v) is 13.4. The molecule has 0 bridgehead atoms. The molecule has 3 aromatic rings. The SMILES string of the molecule is CC(C)c1ccc(CCC(=O)N(Cc2ccc(Cl)cc2)C(Cc2ccccc2)C(=O)NC(C)(C)C)cc1. The minimum absolute atomic E-state index is 0.0483. The number of nitrogens with zero attached hydrogens (tertiary/aromatic N) is 1. The first-order valence-electron chi connectivity index (χ1n) is 13.0. The van der Waals surface area contributed by atoms with E-state index in [1.54, 1.807) is 4.90 Å². The molecule has 0 aliphatic carbocycles. The zero-order chi connectivity index (χ0) is 27.0. The molecule has 1 N–H and O–H groups in total. The van der Waals surface area contributed by atoms with Crippen LogP contribution < -0.4 is 5.32 Å². The molecule has 1 atom stereocenters. The average Bonchev–Trinajstić information content (AvgIpc) is 2.85. The van der Waals surface area contributed by atoms with Crippen molar-refractivity contribution in [3.8, 4) is 0 Å². The van der Waals surface area contributed by atoms with Crippen molar-refractivity contribution in [3.63, 3.8) is 0 Å². The number of halogens is 1. The molecule has 0 radical (unpaired) electrons. The number of hydrogen-bond acceptors (Lipinski definition) is 2. The quantitative estimate of drug-likeness (QED) is 0.315. The van der Waals surface area contributed by atoms with Gasteiger partial charge in [0.05, 0.1) is 0 Å². The maximum atomic E-state index is 13.8. The molecular weight excluding hydrogens is 480 g/mol. The third kappa shape index (κ3) is 9.05. The van der Waals surface area contributed by atoms with Crippen LogP contribution in [0.15, 0.2) is 78.9 Å². The maximum Gasteiger partial charge on any atom is 0.243 e. The number of carbonyl (C=O) groups excluding carboxylic acids is 2. The largest absolute Gasteiger partial charge is 0.350 e. The lowest BCUT2D eigenvalue weighted by molar-refractivity contribution is -0.141. The number of hydrogen-bond donors (Lipinski definition) is 1. The first-order chi connectivity index (χ1) is 17.5. The Hall–Kier alpha value is -3.11. The smallest absolute Gasteiger partial charge is 0.243 e. The number of rotatable bonds is 10. The van der Waals surface area contributed by atoms with Crippen LogP contribution in [0.5, 0.6) is 0 Å². The van der Waals surface area contributed by atoms with E-state index in [2.05, 4.69) is 43.4 Å². The summed E-state index contributed by atoms with van der Waals surface area (Å²) in [6, 6.07) is 25.1. The second kappa shape index (κ2) is 12.9. The Balaban J connectivity index is 1.89. The van der Waals surface area contributed by atoms with Gasteiger partial charge < -0.3 is 10.2 Å². The van der Waals surface area contributed by atoms with Crippen LogP contribution in [0, 0.1) is 0 Å². The highest BCUT2D eigenvalue weighted by Crippen LogP contribution is 2.20. The third-order valence-electron chi connectivity index (χ3n) is 6.31. The van der Waals surface area contributed by atoms with E-state index in [9.17, 15) is 9.59 Å². The summed E-state index contributed by atoms with van der Waals surface area (Å²) in [7, 11) is 0. The number of amides is 2. The molecule has 5 heteroatoms. The van der Waals surface area contributed by atoms with Crippen LogP contribution in [-0.2, 0) is 29.0 Å². The van der Waals surface area contributed by atoms with Gasteiger partial charge in [0.25, 0.3) is 0 Å². The van der Waals surface area contributed by atoms with E-state index >= 15 is 0 Å². The molecule has 0 heterocycles. The molecule has 0 spiro atoms. The fraction of sp³-hybridized carbons (Fsp3) is 0.375. The van der Waals surface area contributed by atoms with Crippen LogP contribution in [0.2, 0.25) is 5.02 Å². The van der Waals surface area contributed by atoms with Crippen LogP contribution in [0.3, 0.4) is 0 Å². The van der Waals surface area contributed by atoms with Crippen molar-refractivity contribution in [1.29, 1.82) is 0 Å². The summed E-state index contributed by atoms with van der Waals surface area (Å²) in [5, 5.41) is 3.74. The molecule has 2 amide bonds. The highest BCUT2D eigenvalue weighted by atomic mass is 35.5. The van der Waals surface area contributed by atoms with Gasteiger partial charge in [0, 0.05) is 29.9 Å². The number of carbonyl (C=O) groups is 2. The van der Waals surface area contributed by atoms with Crippen molar-refractivity contribution in [2.45, 2.75) is 77.9 Å². The summed E-state index contributed by atoms with van der Waals surface area (Å²) in [5.74, 6) is 0.262. The van der Waals surface area contributed by atoms with Crippen LogP contribution in [-0.4, -0.2) is 28.3 Å².